The minimum absolute atomic E-state index is 0.112. The zero-order valence-corrected chi connectivity index (χ0v) is 21.4. The number of fused-ring (bicyclic) bond motifs is 1. The summed E-state index contributed by atoms with van der Waals surface area (Å²) < 4.78 is 17.0. The number of carbonyl (C=O) groups excluding carboxylic acids is 2. The van der Waals surface area contributed by atoms with E-state index in [0.29, 0.717) is 42.7 Å². The Morgan fingerprint density at radius 3 is 2.69 bits per heavy atom. The lowest BCUT2D eigenvalue weighted by molar-refractivity contribution is 0.0933. The van der Waals surface area contributed by atoms with Crippen molar-refractivity contribution in [1.82, 2.24) is 15.2 Å². The largest absolute Gasteiger partial charge is 0.486 e. The van der Waals surface area contributed by atoms with Gasteiger partial charge in [0.05, 0.1) is 15.4 Å². The van der Waals surface area contributed by atoms with E-state index >= 15 is 0 Å². The molecule has 2 heterocycles. The van der Waals surface area contributed by atoms with Gasteiger partial charge in [0.1, 0.15) is 13.2 Å². The van der Waals surface area contributed by atoms with Crippen molar-refractivity contribution in [3.63, 3.8) is 0 Å². The van der Waals surface area contributed by atoms with Crippen molar-refractivity contribution in [3.8, 4) is 27.8 Å². The molecular formula is C27H29N3O5S. The maximum absolute atomic E-state index is 13.2. The van der Waals surface area contributed by atoms with Gasteiger partial charge in [-0.2, -0.15) is 0 Å². The molecule has 8 nitrogen and oxygen atoms in total. The maximum Gasteiger partial charge on any atom is 0.416 e. The number of amides is 2. The Bertz CT molecular complexity index is 1300. The molecule has 188 valence electrons. The quantitative estimate of drug-likeness (QED) is 0.489. The molecule has 2 aromatic carbocycles. The van der Waals surface area contributed by atoms with Crippen molar-refractivity contribution in [2.24, 2.45) is 0 Å². The minimum atomic E-state index is -0.448. The molecule has 0 bridgehead atoms. The number of thiazole rings is 1. The first-order valence-electron chi connectivity index (χ1n) is 12.1. The number of rotatable bonds is 7. The van der Waals surface area contributed by atoms with Crippen LogP contribution in [0.3, 0.4) is 0 Å². The van der Waals surface area contributed by atoms with Gasteiger partial charge in [-0.25, -0.2) is 9.78 Å². The Morgan fingerprint density at radius 1 is 1.11 bits per heavy atom. The second kappa shape index (κ2) is 10.2. The van der Waals surface area contributed by atoms with Crippen molar-refractivity contribution in [3.05, 3.63) is 58.1 Å². The van der Waals surface area contributed by atoms with Gasteiger partial charge in [-0.05, 0) is 62.4 Å². The molecule has 1 aliphatic heterocycles. The average molecular weight is 508 g/mol. The fourth-order valence-corrected chi connectivity index (χ4v) is 4.97. The molecule has 0 saturated heterocycles. The lowest BCUT2D eigenvalue weighted by atomic mass is 10.1. The zero-order valence-electron chi connectivity index (χ0n) is 20.6. The highest BCUT2D eigenvalue weighted by Crippen LogP contribution is 2.37. The van der Waals surface area contributed by atoms with Crippen LogP contribution < -0.4 is 19.5 Å². The number of para-hydroxylation sites is 1. The Labute approximate surface area is 214 Å². The monoisotopic (exact) mass is 507 g/mol. The van der Waals surface area contributed by atoms with E-state index in [-0.39, 0.29) is 18.5 Å². The maximum atomic E-state index is 13.2. The molecular weight excluding hydrogens is 478 g/mol. The van der Waals surface area contributed by atoms with Gasteiger partial charge >= 0.3 is 6.09 Å². The van der Waals surface area contributed by atoms with E-state index in [0.717, 1.165) is 28.3 Å². The van der Waals surface area contributed by atoms with Crippen LogP contribution in [0.5, 0.6) is 17.4 Å². The molecule has 1 N–H and O–H groups in total. The molecule has 1 aliphatic carbocycles. The molecule has 0 radical (unpaired) electrons. The summed E-state index contributed by atoms with van der Waals surface area (Å²) in [6, 6.07) is 11.5. The van der Waals surface area contributed by atoms with Crippen molar-refractivity contribution in [2.75, 3.05) is 26.3 Å². The Morgan fingerprint density at radius 2 is 1.92 bits per heavy atom. The predicted octanol–water partition coefficient (Wildman–Crippen LogP) is 4.90. The van der Waals surface area contributed by atoms with E-state index in [9.17, 15) is 9.59 Å². The van der Waals surface area contributed by atoms with Gasteiger partial charge in [0.25, 0.3) is 5.91 Å². The molecule has 0 spiro atoms. The first-order chi connectivity index (χ1) is 17.4. The third-order valence-electron chi connectivity index (χ3n) is 6.33. The molecule has 0 unspecified atom stereocenters. The number of aryl methyl sites for hydroxylation is 3. The number of nitrogens with one attached hydrogen (secondary N) is 1. The molecule has 0 atom stereocenters. The van der Waals surface area contributed by atoms with Crippen LogP contribution in [0.25, 0.3) is 10.4 Å². The zero-order chi connectivity index (χ0) is 25.2. The molecule has 2 aliphatic rings. The normalized spacial score (nSPS) is 14.3. The summed E-state index contributed by atoms with van der Waals surface area (Å²) in [6.07, 6.45) is 1.39. The van der Waals surface area contributed by atoms with Crippen LogP contribution in [-0.4, -0.2) is 54.2 Å². The van der Waals surface area contributed by atoms with E-state index in [4.69, 9.17) is 14.2 Å². The standard InChI is InChI=1S/C27H29N3O5S/c1-16-7-8-19(15-17(16)2)24-26(29-18(3)36-24)35-27(32)30(20-9-10-20)12-11-28-25(31)21-5-4-6-22-23(21)34-14-13-33-22/h4-8,15,20H,9-14H2,1-3H3,(H,28,31). The summed E-state index contributed by atoms with van der Waals surface area (Å²) in [5, 5.41) is 3.72. The van der Waals surface area contributed by atoms with Crippen LogP contribution in [0.2, 0.25) is 0 Å². The number of benzene rings is 2. The van der Waals surface area contributed by atoms with Crippen LogP contribution in [0.4, 0.5) is 4.79 Å². The minimum Gasteiger partial charge on any atom is -0.486 e. The number of hydrogen-bond donors (Lipinski definition) is 1. The summed E-state index contributed by atoms with van der Waals surface area (Å²) in [5.74, 6) is 1.08. The van der Waals surface area contributed by atoms with Crippen molar-refractivity contribution in [1.29, 1.82) is 0 Å². The third-order valence-corrected chi connectivity index (χ3v) is 7.33. The molecule has 2 amide bonds. The Hall–Kier alpha value is -3.59. The van der Waals surface area contributed by atoms with Gasteiger partial charge in [0.15, 0.2) is 11.5 Å². The Kier molecular flexibility index (Phi) is 6.82. The topological polar surface area (TPSA) is 90.0 Å². The number of aromatic nitrogens is 1. The van der Waals surface area contributed by atoms with Gasteiger partial charge in [0, 0.05) is 19.1 Å². The van der Waals surface area contributed by atoms with E-state index in [1.165, 1.54) is 22.5 Å². The molecule has 3 aromatic rings. The lowest BCUT2D eigenvalue weighted by Gasteiger charge is -2.22. The lowest BCUT2D eigenvalue weighted by Crippen LogP contribution is -2.41. The van der Waals surface area contributed by atoms with Crippen LogP contribution >= 0.6 is 11.3 Å². The third kappa shape index (κ3) is 5.16. The summed E-state index contributed by atoms with van der Waals surface area (Å²) >= 11 is 1.50. The van der Waals surface area contributed by atoms with Crippen molar-refractivity contribution < 1.29 is 23.8 Å². The van der Waals surface area contributed by atoms with Crippen molar-refractivity contribution in [2.45, 2.75) is 39.7 Å². The fraction of sp³-hybridized carbons (Fsp3) is 0.370. The first-order valence-corrected chi connectivity index (χ1v) is 12.9. The van der Waals surface area contributed by atoms with Gasteiger partial charge in [-0.1, -0.05) is 24.3 Å². The van der Waals surface area contributed by atoms with Gasteiger partial charge in [0.2, 0.25) is 5.88 Å². The van der Waals surface area contributed by atoms with Gasteiger partial charge < -0.3 is 24.4 Å². The summed E-state index contributed by atoms with van der Waals surface area (Å²) in [4.78, 5) is 33.0. The molecule has 5 rings (SSSR count). The van der Waals surface area contributed by atoms with Gasteiger partial charge in [-0.3, -0.25) is 4.79 Å². The molecule has 9 heteroatoms. The summed E-state index contributed by atoms with van der Waals surface area (Å²) in [5.41, 5.74) is 3.77. The van der Waals surface area contributed by atoms with Crippen LogP contribution in [0.15, 0.2) is 36.4 Å². The fourth-order valence-electron chi connectivity index (χ4n) is 4.13. The average Bonchev–Trinajstić information content (AvgIpc) is 3.64. The van der Waals surface area contributed by atoms with Crippen LogP contribution in [0, 0.1) is 20.8 Å². The smallest absolute Gasteiger partial charge is 0.416 e. The van der Waals surface area contributed by atoms with E-state index in [1.54, 1.807) is 23.1 Å². The highest BCUT2D eigenvalue weighted by atomic mass is 32.1. The molecule has 1 saturated carbocycles. The molecule has 36 heavy (non-hydrogen) atoms. The van der Waals surface area contributed by atoms with Crippen LogP contribution in [-0.2, 0) is 0 Å². The summed E-state index contributed by atoms with van der Waals surface area (Å²) in [6.45, 7) is 7.51. The van der Waals surface area contributed by atoms with Crippen LogP contribution in [0.1, 0.15) is 39.3 Å². The SMILES string of the molecule is Cc1nc(OC(=O)N(CCNC(=O)c2cccc3c2OCCO3)C2CC2)c(-c2ccc(C)c(C)c2)s1. The highest BCUT2D eigenvalue weighted by Gasteiger charge is 2.34. The molecule has 1 fully saturated rings. The summed E-state index contributed by atoms with van der Waals surface area (Å²) in [7, 11) is 0. The number of ether oxygens (including phenoxy) is 3. The Balaban J connectivity index is 1.24. The number of hydrogen-bond acceptors (Lipinski definition) is 7. The second-order valence-corrected chi connectivity index (χ2v) is 10.2. The second-order valence-electron chi connectivity index (χ2n) is 9.04. The van der Waals surface area contributed by atoms with Crippen molar-refractivity contribution >= 4 is 23.3 Å². The van der Waals surface area contributed by atoms with E-state index in [1.807, 2.05) is 13.0 Å². The van der Waals surface area contributed by atoms with E-state index in [2.05, 4.69) is 36.3 Å². The number of carbonyl (C=O) groups is 2. The van der Waals surface area contributed by atoms with E-state index < -0.39 is 6.09 Å². The van der Waals surface area contributed by atoms with Gasteiger partial charge in [-0.15, -0.1) is 11.3 Å². The predicted molar refractivity (Wildman–Crippen MR) is 137 cm³/mol. The highest BCUT2D eigenvalue weighted by molar-refractivity contribution is 7.15. The number of nitrogens with zero attached hydrogens (tertiary/aromatic N) is 2. The molecule has 1 aromatic heterocycles. The first kappa shape index (κ1) is 24.1.